The summed E-state index contributed by atoms with van der Waals surface area (Å²) in [5.74, 6) is -2.02. The minimum absolute atomic E-state index is 0.0136. The summed E-state index contributed by atoms with van der Waals surface area (Å²) < 4.78 is 35.2. The Morgan fingerprint density at radius 3 is 2.48 bits per heavy atom. The molecule has 6 nitrogen and oxygen atoms in total. The molecular formula is C13H17FN2O4S. The zero-order valence-electron chi connectivity index (χ0n) is 11.7. The van der Waals surface area contributed by atoms with Gasteiger partial charge in [0.25, 0.3) is 0 Å². The van der Waals surface area contributed by atoms with Gasteiger partial charge in [-0.2, -0.15) is 0 Å². The van der Waals surface area contributed by atoms with Gasteiger partial charge in [-0.3, -0.25) is 9.59 Å². The highest BCUT2D eigenvalue weighted by Crippen LogP contribution is 2.12. The molecule has 0 aliphatic rings. The largest absolute Gasteiger partial charge is 0.345 e. The third kappa shape index (κ3) is 6.35. The molecule has 8 heteroatoms. The number of anilines is 1. The molecule has 0 spiro atoms. The van der Waals surface area contributed by atoms with Crippen molar-refractivity contribution in [3.63, 3.8) is 0 Å². The molecule has 2 N–H and O–H groups in total. The van der Waals surface area contributed by atoms with Crippen LogP contribution in [0.1, 0.15) is 13.3 Å². The Balaban J connectivity index is 2.52. The number of halogens is 1. The van der Waals surface area contributed by atoms with E-state index in [2.05, 4.69) is 10.6 Å². The zero-order valence-corrected chi connectivity index (χ0v) is 12.5. The highest BCUT2D eigenvalue weighted by molar-refractivity contribution is 7.90. The first-order valence-electron chi connectivity index (χ1n) is 6.21. The monoisotopic (exact) mass is 316 g/mol. The summed E-state index contributed by atoms with van der Waals surface area (Å²) in [7, 11) is -3.24. The van der Waals surface area contributed by atoms with E-state index in [4.69, 9.17) is 0 Å². The van der Waals surface area contributed by atoms with Crippen LogP contribution in [0.2, 0.25) is 0 Å². The Morgan fingerprint density at radius 2 is 1.90 bits per heavy atom. The van der Waals surface area contributed by atoms with E-state index in [9.17, 15) is 22.4 Å². The summed E-state index contributed by atoms with van der Waals surface area (Å²) >= 11 is 0. The third-order valence-corrected chi connectivity index (χ3v) is 3.55. The van der Waals surface area contributed by atoms with Gasteiger partial charge in [0.1, 0.15) is 21.7 Å². The first kappa shape index (κ1) is 17.1. The molecule has 1 aromatic rings. The van der Waals surface area contributed by atoms with E-state index >= 15 is 0 Å². The van der Waals surface area contributed by atoms with Crippen LogP contribution in [0.15, 0.2) is 24.3 Å². The molecule has 1 aromatic carbocycles. The number of para-hydroxylation sites is 1. The Kier molecular flexibility index (Phi) is 5.83. The van der Waals surface area contributed by atoms with Crippen molar-refractivity contribution in [2.75, 3.05) is 17.3 Å². The highest BCUT2D eigenvalue weighted by atomic mass is 32.2. The Morgan fingerprint density at radius 1 is 1.29 bits per heavy atom. The fourth-order valence-electron chi connectivity index (χ4n) is 1.46. The van der Waals surface area contributed by atoms with Crippen molar-refractivity contribution in [3.8, 4) is 0 Å². The second kappa shape index (κ2) is 7.16. The normalized spacial score (nSPS) is 12.5. The fraction of sp³-hybridized carbons (Fsp3) is 0.385. The lowest BCUT2D eigenvalue weighted by Crippen LogP contribution is -2.42. The van der Waals surface area contributed by atoms with Crippen LogP contribution in [0.3, 0.4) is 0 Å². The van der Waals surface area contributed by atoms with Gasteiger partial charge in [-0.1, -0.05) is 12.1 Å². The molecule has 1 rings (SSSR count). The summed E-state index contributed by atoms with van der Waals surface area (Å²) in [6, 6.07) is 4.74. The highest BCUT2D eigenvalue weighted by Gasteiger charge is 2.17. The molecule has 0 aliphatic carbocycles. The first-order valence-corrected chi connectivity index (χ1v) is 8.27. The smallest absolute Gasteiger partial charge is 0.246 e. The number of rotatable bonds is 6. The van der Waals surface area contributed by atoms with Crippen LogP contribution in [0.5, 0.6) is 0 Å². The van der Waals surface area contributed by atoms with E-state index in [1.54, 1.807) is 6.07 Å². The molecule has 0 fully saturated rings. The van der Waals surface area contributed by atoms with Crippen molar-refractivity contribution >= 4 is 27.3 Å². The predicted molar refractivity (Wildman–Crippen MR) is 77.0 cm³/mol. The number of hydrogen-bond donors (Lipinski definition) is 2. The molecule has 0 bridgehead atoms. The number of nitrogens with one attached hydrogen (secondary N) is 2. The van der Waals surface area contributed by atoms with Crippen LogP contribution >= 0.6 is 0 Å². The van der Waals surface area contributed by atoms with Crippen LogP contribution in [-0.4, -0.2) is 38.3 Å². The van der Waals surface area contributed by atoms with Gasteiger partial charge in [0.05, 0.1) is 11.4 Å². The van der Waals surface area contributed by atoms with Crippen molar-refractivity contribution < 1.29 is 22.4 Å². The quantitative estimate of drug-likeness (QED) is 0.808. The molecule has 0 saturated heterocycles. The first-order chi connectivity index (χ1) is 9.69. The maximum Gasteiger partial charge on any atom is 0.246 e. The van der Waals surface area contributed by atoms with Gasteiger partial charge in [0.2, 0.25) is 11.8 Å². The summed E-state index contributed by atoms with van der Waals surface area (Å²) in [6.07, 6.45) is 0.796. The zero-order chi connectivity index (χ0) is 16.0. The molecule has 1 atom stereocenters. The van der Waals surface area contributed by atoms with Crippen molar-refractivity contribution in [1.82, 2.24) is 5.32 Å². The minimum Gasteiger partial charge on any atom is -0.345 e. The van der Waals surface area contributed by atoms with E-state index in [1.165, 1.54) is 25.1 Å². The van der Waals surface area contributed by atoms with Gasteiger partial charge in [0, 0.05) is 12.7 Å². The molecule has 116 valence electrons. The topological polar surface area (TPSA) is 92.3 Å². The maximum atomic E-state index is 13.4. The fourth-order valence-corrected chi connectivity index (χ4v) is 2.02. The maximum absolute atomic E-state index is 13.4. The van der Waals surface area contributed by atoms with Crippen LogP contribution < -0.4 is 10.6 Å². The summed E-state index contributed by atoms with van der Waals surface area (Å²) in [6.45, 7) is 1.43. The number of carbonyl (C=O) groups excluding carboxylic acids is 2. The van der Waals surface area contributed by atoms with E-state index in [-0.39, 0.29) is 17.9 Å². The lowest BCUT2D eigenvalue weighted by Gasteiger charge is -2.14. The summed E-state index contributed by atoms with van der Waals surface area (Å²) in [4.78, 5) is 23.3. The van der Waals surface area contributed by atoms with Gasteiger partial charge in [0.15, 0.2) is 0 Å². The lowest BCUT2D eigenvalue weighted by molar-refractivity contribution is -0.125. The van der Waals surface area contributed by atoms with Crippen LogP contribution in [0, 0.1) is 5.82 Å². The van der Waals surface area contributed by atoms with Gasteiger partial charge < -0.3 is 10.6 Å². The molecule has 1 unspecified atom stereocenters. The van der Waals surface area contributed by atoms with Crippen molar-refractivity contribution in [2.45, 2.75) is 19.4 Å². The van der Waals surface area contributed by atoms with Crippen molar-refractivity contribution in [3.05, 3.63) is 30.1 Å². The average molecular weight is 316 g/mol. The standard InChI is InChI=1S/C13H17FN2O4S/c1-9(15-12(17)7-8-21(2,19)20)13(18)16-11-6-4-3-5-10(11)14/h3-6,9H,7-8H2,1-2H3,(H,15,17)(H,16,18). The Labute approximate surface area is 122 Å². The second-order valence-corrected chi connectivity index (χ2v) is 6.90. The Hall–Kier alpha value is -1.96. The molecule has 0 aromatic heterocycles. The Bertz CT molecular complexity index is 631. The summed E-state index contributed by atoms with van der Waals surface area (Å²) in [5.41, 5.74) is 0.0136. The van der Waals surface area contributed by atoms with Crippen molar-refractivity contribution in [2.24, 2.45) is 0 Å². The van der Waals surface area contributed by atoms with Gasteiger partial charge in [-0.05, 0) is 19.1 Å². The van der Waals surface area contributed by atoms with Crippen LogP contribution in [0.25, 0.3) is 0 Å². The number of amides is 2. The molecular weight excluding hydrogens is 299 g/mol. The molecule has 0 radical (unpaired) electrons. The number of benzene rings is 1. The SMILES string of the molecule is CC(NC(=O)CCS(C)(=O)=O)C(=O)Nc1ccccc1F. The number of hydrogen-bond acceptors (Lipinski definition) is 4. The van der Waals surface area contributed by atoms with E-state index in [0.29, 0.717) is 0 Å². The lowest BCUT2D eigenvalue weighted by atomic mass is 10.2. The molecule has 2 amide bonds. The van der Waals surface area contributed by atoms with Gasteiger partial charge in [-0.15, -0.1) is 0 Å². The van der Waals surface area contributed by atoms with E-state index < -0.39 is 33.5 Å². The van der Waals surface area contributed by atoms with Crippen LogP contribution in [0.4, 0.5) is 10.1 Å². The van der Waals surface area contributed by atoms with Crippen molar-refractivity contribution in [1.29, 1.82) is 0 Å². The summed E-state index contributed by atoms with van der Waals surface area (Å²) in [5, 5.41) is 4.69. The number of sulfone groups is 1. The minimum atomic E-state index is -3.24. The van der Waals surface area contributed by atoms with Crippen LogP contribution in [-0.2, 0) is 19.4 Å². The van der Waals surface area contributed by atoms with E-state index in [1.807, 2.05) is 0 Å². The second-order valence-electron chi connectivity index (χ2n) is 4.64. The molecule has 0 saturated carbocycles. The average Bonchev–Trinajstić information content (AvgIpc) is 2.38. The van der Waals surface area contributed by atoms with Gasteiger partial charge >= 0.3 is 0 Å². The molecule has 0 heterocycles. The molecule has 21 heavy (non-hydrogen) atoms. The number of carbonyl (C=O) groups is 2. The van der Waals surface area contributed by atoms with Gasteiger partial charge in [-0.25, -0.2) is 12.8 Å². The predicted octanol–water partition coefficient (Wildman–Crippen LogP) is 0.704. The third-order valence-electron chi connectivity index (χ3n) is 2.60. The molecule has 0 aliphatic heterocycles. The van der Waals surface area contributed by atoms with E-state index in [0.717, 1.165) is 6.26 Å².